The van der Waals surface area contributed by atoms with E-state index in [0.717, 1.165) is 36.8 Å². The lowest BCUT2D eigenvalue weighted by Crippen LogP contribution is -2.38. The molecule has 4 nitrogen and oxygen atoms in total. The van der Waals surface area contributed by atoms with E-state index in [2.05, 4.69) is 5.32 Å². The molecule has 134 valence electrons. The number of fused-ring (bicyclic) bond motifs is 2. The molecule has 0 aliphatic carbocycles. The fraction of sp³-hybridized carbons (Fsp3) is 0.368. The topological polar surface area (TPSA) is 39.7 Å². The summed E-state index contributed by atoms with van der Waals surface area (Å²) in [7, 11) is 0. The third-order valence-electron chi connectivity index (χ3n) is 4.71. The van der Waals surface area contributed by atoms with Gasteiger partial charge in [-0.3, -0.25) is 0 Å². The van der Waals surface area contributed by atoms with Crippen LogP contribution < -0.4 is 19.5 Å². The summed E-state index contributed by atoms with van der Waals surface area (Å²) in [4.78, 5) is 0. The van der Waals surface area contributed by atoms with Crippen molar-refractivity contribution < 1.29 is 18.6 Å². The summed E-state index contributed by atoms with van der Waals surface area (Å²) in [6.45, 7) is 2.67. The predicted molar refractivity (Wildman–Crippen MR) is 95.4 cm³/mol. The van der Waals surface area contributed by atoms with Gasteiger partial charge in [-0.2, -0.15) is 0 Å². The Morgan fingerprint density at radius 2 is 1.96 bits per heavy atom. The van der Waals surface area contributed by atoms with Crippen LogP contribution in [0.2, 0.25) is 0 Å². The van der Waals surface area contributed by atoms with E-state index in [1.54, 1.807) is 0 Å². The number of hydrogen-bond donors (Lipinski definition) is 1. The van der Waals surface area contributed by atoms with Gasteiger partial charge in [-0.25, -0.2) is 4.39 Å². The molecule has 0 spiro atoms. The molecule has 2 bridgehead atoms. The van der Waals surface area contributed by atoms with Crippen LogP contribution in [0.1, 0.15) is 17.9 Å². The third kappa shape index (κ3) is 3.99. The highest BCUT2D eigenvalue weighted by Crippen LogP contribution is 2.36. The fourth-order valence-electron chi connectivity index (χ4n) is 3.41. The van der Waals surface area contributed by atoms with E-state index in [9.17, 15) is 4.39 Å². The average molecular weight is 366 g/mol. The van der Waals surface area contributed by atoms with Crippen LogP contribution in [0.15, 0.2) is 42.5 Å². The predicted octanol–water partition coefficient (Wildman–Crippen LogP) is 3.75. The summed E-state index contributed by atoms with van der Waals surface area (Å²) >= 11 is 0. The summed E-state index contributed by atoms with van der Waals surface area (Å²) in [5, 5.41) is 3.43. The van der Waals surface area contributed by atoms with E-state index in [1.165, 1.54) is 17.7 Å². The number of ether oxygens (including phenoxy) is 3. The van der Waals surface area contributed by atoms with Gasteiger partial charge in [0.2, 0.25) is 6.79 Å². The van der Waals surface area contributed by atoms with Crippen LogP contribution in [0, 0.1) is 11.7 Å². The van der Waals surface area contributed by atoms with Crippen LogP contribution in [0.3, 0.4) is 0 Å². The summed E-state index contributed by atoms with van der Waals surface area (Å²) in [5.41, 5.74) is 1.17. The minimum absolute atomic E-state index is 0. The molecule has 1 saturated heterocycles. The molecule has 1 fully saturated rings. The second kappa shape index (κ2) is 7.93. The molecule has 0 radical (unpaired) electrons. The van der Waals surface area contributed by atoms with E-state index < -0.39 is 0 Å². The van der Waals surface area contributed by atoms with Crippen molar-refractivity contribution in [2.75, 3.05) is 26.5 Å². The zero-order valence-electron chi connectivity index (χ0n) is 13.7. The lowest BCUT2D eigenvalue weighted by molar-refractivity contribution is 0.0972. The van der Waals surface area contributed by atoms with E-state index in [0.29, 0.717) is 18.4 Å². The van der Waals surface area contributed by atoms with E-state index in [1.807, 2.05) is 30.3 Å². The SMILES string of the molecule is Cl.Fc1ccc(C2CCNCC2COc2ccc3cc2OCO3)cc1. The minimum Gasteiger partial charge on any atom is -0.489 e. The Hall–Kier alpha value is -1.98. The molecule has 2 heterocycles. The van der Waals surface area contributed by atoms with Crippen molar-refractivity contribution in [2.24, 2.45) is 5.92 Å². The number of rotatable bonds is 4. The second-order valence-electron chi connectivity index (χ2n) is 6.24. The standard InChI is InChI=1S/C19H20FNO3.ClH/c20-15-3-1-13(2-4-15)17-7-8-21-10-14(17)11-22-18-6-5-16-9-19(18)24-12-23-16;/h1-6,9,14,17,21H,7-8,10-12H2;1H. The Balaban J connectivity index is 0.00000182. The molecule has 1 N–H and O–H groups in total. The molecule has 2 aliphatic rings. The molecule has 0 amide bonds. The van der Waals surface area contributed by atoms with Crippen molar-refractivity contribution in [3.8, 4) is 17.2 Å². The van der Waals surface area contributed by atoms with Gasteiger partial charge in [0, 0.05) is 18.5 Å². The van der Waals surface area contributed by atoms with Crippen LogP contribution in [-0.4, -0.2) is 26.5 Å². The zero-order chi connectivity index (χ0) is 16.4. The van der Waals surface area contributed by atoms with Crippen molar-refractivity contribution in [2.45, 2.75) is 12.3 Å². The molecule has 6 heteroatoms. The highest BCUT2D eigenvalue weighted by atomic mass is 35.5. The van der Waals surface area contributed by atoms with Gasteiger partial charge in [0.25, 0.3) is 0 Å². The zero-order valence-corrected chi connectivity index (χ0v) is 14.6. The quantitative estimate of drug-likeness (QED) is 0.895. The first-order valence-corrected chi connectivity index (χ1v) is 8.28. The van der Waals surface area contributed by atoms with Crippen molar-refractivity contribution in [3.05, 3.63) is 53.8 Å². The first-order valence-electron chi connectivity index (χ1n) is 8.28. The molecule has 0 saturated carbocycles. The molecular formula is C19H21ClFNO3. The van der Waals surface area contributed by atoms with Crippen LogP contribution >= 0.6 is 12.4 Å². The first-order chi connectivity index (χ1) is 11.8. The monoisotopic (exact) mass is 365 g/mol. The van der Waals surface area contributed by atoms with Gasteiger partial charge in [-0.1, -0.05) is 12.1 Å². The summed E-state index contributed by atoms with van der Waals surface area (Å²) in [6.07, 6.45) is 1.02. The summed E-state index contributed by atoms with van der Waals surface area (Å²) in [6, 6.07) is 12.5. The van der Waals surface area contributed by atoms with Gasteiger partial charge in [0.1, 0.15) is 11.6 Å². The number of nitrogens with one attached hydrogen (secondary N) is 1. The highest BCUT2D eigenvalue weighted by molar-refractivity contribution is 5.85. The van der Waals surface area contributed by atoms with Gasteiger partial charge >= 0.3 is 0 Å². The van der Waals surface area contributed by atoms with Gasteiger partial charge in [-0.05, 0) is 48.7 Å². The summed E-state index contributed by atoms with van der Waals surface area (Å²) < 4.78 is 30.0. The van der Waals surface area contributed by atoms with Crippen LogP contribution in [-0.2, 0) is 0 Å². The summed E-state index contributed by atoms with van der Waals surface area (Å²) in [5.74, 6) is 2.76. The molecular weight excluding hydrogens is 345 g/mol. The normalized spacial score (nSPS) is 21.5. The fourth-order valence-corrected chi connectivity index (χ4v) is 3.41. The van der Waals surface area contributed by atoms with Crippen molar-refractivity contribution in [1.29, 1.82) is 0 Å². The molecule has 2 aromatic carbocycles. The number of halogens is 2. The Bertz CT molecular complexity index is 710. The lowest BCUT2D eigenvalue weighted by atomic mass is 9.81. The van der Waals surface area contributed by atoms with Crippen LogP contribution in [0.5, 0.6) is 17.2 Å². The first kappa shape index (κ1) is 17.8. The van der Waals surface area contributed by atoms with Gasteiger partial charge < -0.3 is 19.5 Å². The lowest BCUT2D eigenvalue weighted by Gasteiger charge is -2.32. The molecule has 4 rings (SSSR count). The molecule has 0 aromatic heterocycles. The molecule has 25 heavy (non-hydrogen) atoms. The Kier molecular flexibility index (Phi) is 5.66. The van der Waals surface area contributed by atoms with Gasteiger partial charge in [0.15, 0.2) is 11.5 Å². The largest absolute Gasteiger partial charge is 0.489 e. The van der Waals surface area contributed by atoms with E-state index in [-0.39, 0.29) is 25.0 Å². The van der Waals surface area contributed by atoms with Crippen molar-refractivity contribution in [3.63, 3.8) is 0 Å². The number of piperidine rings is 1. The van der Waals surface area contributed by atoms with Crippen molar-refractivity contribution in [1.82, 2.24) is 5.32 Å². The Morgan fingerprint density at radius 3 is 2.80 bits per heavy atom. The van der Waals surface area contributed by atoms with E-state index >= 15 is 0 Å². The third-order valence-corrected chi connectivity index (χ3v) is 4.71. The molecule has 2 aliphatic heterocycles. The Labute approximate surface area is 152 Å². The average Bonchev–Trinajstić information content (AvgIpc) is 2.62. The highest BCUT2D eigenvalue weighted by Gasteiger charge is 2.27. The number of hydrogen-bond acceptors (Lipinski definition) is 4. The van der Waals surface area contributed by atoms with Gasteiger partial charge in [0.05, 0.1) is 6.61 Å². The van der Waals surface area contributed by atoms with E-state index in [4.69, 9.17) is 14.2 Å². The maximum Gasteiger partial charge on any atom is 0.231 e. The number of benzene rings is 2. The molecule has 2 atom stereocenters. The second-order valence-corrected chi connectivity index (χ2v) is 6.24. The Morgan fingerprint density at radius 1 is 1.12 bits per heavy atom. The van der Waals surface area contributed by atoms with Crippen LogP contribution in [0.4, 0.5) is 4.39 Å². The smallest absolute Gasteiger partial charge is 0.231 e. The molecule has 2 aromatic rings. The van der Waals surface area contributed by atoms with Gasteiger partial charge in [-0.15, -0.1) is 12.4 Å². The maximum absolute atomic E-state index is 13.2. The van der Waals surface area contributed by atoms with Crippen molar-refractivity contribution >= 4 is 12.4 Å². The minimum atomic E-state index is -0.195. The maximum atomic E-state index is 13.2. The molecule has 2 unspecified atom stereocenters. The van der Waals surface area contributed by atoms with Crippen LogP contribution in [0.25, 0.3) is 0 Å².